The molecule has 3 N–H and O–H groups in total. The molecule has 0 aliphatic carbocycles. The Morgan fingerprint density at radius 3 is 2.76 bits per heavy atom. The van der Waals surface area contributed by atoms with Gasteiger partial charge >= 0.3 is 5.97 Å². The Kier molecular flexibility index (Phi) is 6.94. The van der Waals surface area contributed by atoms with Crippen LogP contribution in [0.3, 0.4) is 0 Å². The summed E-state index contributed by atoms with van der Waals surface area (Å²) in [4.78, 5) is 26.9. The summed E-state index contributed by atoms with van der Waals surface area (Å²) in [6, 6.07) is 2.54. The summed E-state index contributed by atoms with van der Waals surface area (Å²) < 4.78 is 0. The molecule has 1 atom stereocenters. The van der Waals surface area contributed by atoms with Crippen LogP contribution in [0.4, 0.5) is 5.82 Å². The highest BCUT2D eigenvalue weighted by Gasteiger charge is 2.17. The first-order valence-corrected chi connectivity index (χ1v) is 6.93. The van der Waals surface area contributed by atoms with Crippen molar-refractivity contribution in [3.05, 3.63) is 36.5 Å². The smallest absolute Gasteiger partial charge is 0.326 e. The number of carbonyl (C=O) groups excluding carboxylic acids is 1. The molecule has 1 amide bonds. The van der Waals surface area contributed by atoms with Crippen molar-refractivity contribution in [3.8, 4) is 0 Å². The van der Waals surface area contributed by atoms with Crippen molar-refractivity contribution in [1.82, 2.24) is 10.3 Å². The number of amides is 1. The summed E-state index contributed by atoms with van der Waals surface area (Å²) in [5.41, 5.74) is 0.419. The van der Waals surface area contributed by atoms with Gasteiger partial charge in [0.05, 0.1) is 5.56 Å². The Hall–Kier alpha value is -2.37. The Balaban J connectivity index is 2.66. The largest absolute Gasteiger partial charge is 0.480 e. The van der Waals surface area contributed by atoms with E-state index in [4.69, 9.17) is 5.11 Å². The molecule has 0 aliphatic heterocycles. The number of carboxylic acid groups (broad SMARTS) is 1. The maximum Gasteiger partial charge on any atom is 0.326 e. The van der Waals surface area contributed by atoms with Crippen LogP contribution in [0.5, 0.6) is 0 Å². The first-order chi connectivity index (χ1) is 10.1. The van der Waals surface area contributed by atoms with Gasteiger partial charge in [-0.05, 0) is 18.6 Å². The number of carboxylic acids is 1. The molecule has 114 valence electrons. The Labute approximate surface area is 124 Å². The molecule has 1 aromatic rings. The number of nitrogens with zero attached hydrogens (tertiary/aromatic N) is 1. The number of rotatable bonds is 9. The van der Waals surface area contributed by atoms with Crippen molar-refractivity contribution in [2.24, 2.45) is 0 Å². The normalized spacial score (nSPS) is 11.5. The molecule has 1 heterocycles. The third-order valence-electron chi connectivity index (χ3n) is 2.90. The standard InChI is InChI=1S/C15H21N3O3/c1-3-5-6-12(15(20)21)18-13-8-7-11(10-17-13)14(19)16-9-4-2/h4,7-8,10,12H,2-3,5-6,9H2,1H3,(H,16,19)(H,17,18)(H,20,21)/t12-/m0/s1. The van der Waals surface area contributed by atoms with Gasteiger partial charge in [-0.2, -0.15) is 0 Å². The lowest BCUT2D eigenvalue weighted by Gasteiger charge is -2.14. The minimum Gasteiger partial charge on any atom is -0.480 e. The average molecular weight is 291 g/mol. The molecule has 0 radical (unpaired) electrons. The fourth-order valence-corrected chi connectivity index (χ4v) is 1.72. The van der Waals surface area contributed by atoms with Crippen LogP contribution in [0.15, 0.2) is 31.0 Å². The molecule has 1 aromatic heterocycles. The van der Waals surface area contributed by atoms with E-state index in [2.05, 4.69) is 22.2 Å². The maximum absolute atomic E-state index is 11.7. The van der Waals surface area contributed by atoms with Crippen molar-refractivity contribution >= 4 is 17.7 Å². The zero-order chi connectivity index (χ0) is 15.7. The molecule has 0 unspecified atom stereocenters. The molecule has 0 spiro atoms. The first kappa shape index (κ1) is 16.7. The van der Waals surface area contributed by atoms with Gasteiger partial charge in [0, 0.05) is 12.7 Å². The molecular formula is C15H21N3O3. The first-order valence-electron chi connectivity index (χ1n) is 6.93. The molecule has 0 saturated heterocycles. The third-order valence-corrected chi connectivity index (χ3v) is 2.90. The second-order valence-electron chi connectivity index (χ2n) is 4.61. The van der Waals surface area contributed by atoms with Crippen LogP contribution in [-0.2, 0) is 4.79 Å². The molecule has 21 heavy (non-hydrogen) atoms. The van der Waals surface area contributed by atoms with Crippen LogP contribution in [-0.4, -0.2) is 34.6 Å². The predicted molar refractivity (Wildman–Crippen MR) is 81.3 cm³/mol. The summed E-state index contributed by atoms with van der Waals surface area (Å²) in [6.45, 7) is 5.91. The second-order valence-corrected chi connectivity index (χ2v) is 4.61. The topological polar surface area (TPSA) is 91.3 Å². The van der Waals surface area contributed by atoms with E-state index in [-0.39, 0.29) is 5.91 Å². The summed E-state index contributed by atoms with van der Waals surface area (Å²) in [6.07, 6.45) is 5.30. The monoisotopic (exact) mass is 291 g/mol. The lowest BCUT2D eigenvalue weighted by Crippen LogP contribution is -2.29. The van der Waals surface area contributed by atoms with Gasteiger partial charge in [-0.1, -0.05) is 25.8 Å². The van der Waals surface area contributed by atoms with E-state index in [0.29, 0.717) is 24.3 Å². The number of anilines is 1. The lowest BCUT2D eigenvalue weighted by molar-refractivity contribution is -0.138. The average Bonchev–Trinajstić information content (AvgIpc) is 2.49. The zero-order valence-electron chi connectivity index (χ0n) is 12.1. The van der Waals surface area contributed by atoms with Gasteiger partial charge < -0.3 is 15.7 Å². The van der Waals surface area contributed by atoms with Crippen molar-refractivity contribution in [2.75, 3.05) is 11.9 Å². The van der Waals surface area contributed by atoms with Gasteiger partial charge in [0.25, 0.3) is 5.91 Å². The van der Waals surface area contributed by atoms with Gasteiger partial charge in [-0.15, -0.1) is 6.58 Å². The van der Waals surface area contributed by atoms with Crippen LogP contribution in [0, 0.1) is 0 Å². The molecule has 1 rings (SSSR count). The number of pyridine rings is 1. The van der Waals surface area contributed by atoms with E-state index >= 15 is 0 Å². The van der Waals surface area contributed by atoms with Crippen molar-refractivity contribution in [2.45, 2.75) is 32.2 Å². The van der Waals surface area contributed by atoms with E-state index in [1.165, 1.54) is 6.20 Å². The van der Waals surface area contributed by atoms with Crippen LogP contribution < -0.4 is 10.6 Å². The molecule has 6 nitrogen and oxygen atoms in total. The molecule has 0 aromatic carbocycles. The third kappa shape index (κ3) is 5.64. The van der Waals surface area contributed by atoms with E-state index < -0.39 is 12.0 Å². The number of hydrogen-bond acceptors (Lipinski definition) is 4. The number of nitrogens with one attached hydrogen (secondary N) is 2. The summed E-state index contributed by atoms with van der Waals surface area (Å²) in [5.74, 6) is -0.702. The molecule has 0 aliphatic rings. The van der Waals surface area contributed by atoms with Gasteiger partial charge in [0.1, 0.15) is 11.9 Å². The molecule has 6 heteroatoms. The number of unbranched alkanes of at least 4 members (excludes halogenated alkanes) is 1. The quantitative estimate of drug-likeness (QED) is 0.606. The number of hydrogen-bond donors (Lipinski definition) is 3. The molecule has 0 fully saturated rings. The highest BCUT2D eigenvalue weighted by atomic mass is 16.4. The lowest BCUT2D eigenvalue weighted by atomic mass is 10.1. The second kappa shape index (κ2) is 8.73. The van der Waals surface area contributed by atoms with Crippen molar-refractivity contribution in [3.63, 3.8) is 0 Å². The molecule has 0 bridgehead atoms. The predicted octanol–water partition coefficient (Wildman–Crippen LogP) is 2.05. The van der Waals surface area contributed by atoms with Crippen molar-refractivity contribution in [1.29, 1.82) is 0 Å². The zero-order valence-corrected chi connectivity index (χ0v) is 12.1. The van der Waals surface area contributed by atoms with Crippen LogP contribution in [0.25, 0.3) is 0 Å². The van der Waals surface area contributed by atoms with Gasteiger partial charge in [0.15, 0.2) is 0 Å². The van der Waals surface area contributed by atoms with Crippen LogP contribution in [0.1, 0.15) is 36.5 Å². The number of aliphatic carboxylic acids is 1. The number of carbonyl (C=O) groups is 2. The summed E-state index contributed by atoms with van der Waals surface area (Å²) in [5, 5.41) is 14.6. The van der Waals surface area contributed by atoms with Crippen LogP contribution >= 0.6 is 0 Å². The Morgan fingerprint density at radius 1 is 1.48 bits per heavy atom. The van der Waals surface area contributed by atoms with E-state index in [0.717, 1.165) is 12.8 Å². The van der Waals surface area contributed by atoms with Gasteiger partial charge in [-0.25, -0.2) is 9.78 Å². The van der Waals surface area contributed by atoms with Gasteiger partial charge in [0.2, 0.25) is 0 Å². The summed E-state index contributed by atoms with van der Waals surface area (Å²) >= 11 is 0. The summed E-state index contributed by atoms with van der Waals surface area (Å²) in [7, 11) is 0. The van der Waals surface area contributed by atoms with E-state index in [9.17, 15) is 9.59 Å². The minimum atomic E-state index is -0.905. The molecule has 0 saturated carbocycles. The molecular weight excluding hydrogens is 270 g/mol. The highest BCUT2D eigenvalue weighted by Crippen LogP contribution is 2.10. The minimum absolute atomic E-state index is 0.241. The van der Waals surface area contributed by atoms with Gasteiger partial charge in [-0.3, -0.25) is 4.79 Å². The highest BCUT2D eigenvalue weighted by molar-refractivity contribution is 5.94. The van der Waals surface area contributed by atoms with E-state index in [1.54, 1.807) is 18.2 Å². The van der Waals surface area contributed by atoms with Crippen molar-refractivity contribution < 1.29 is 14.7 Å². The Morgan fingerprint density at radius 2 is 2.24 bits per heavy atom. The van der Waals surface area contributed by atoms with E-state index in [1.807, 2.05) is 6.92 Å². The maximum atomic E-state index is 11.7. The fourth-order valence-electron chi connectivity index (χ4n) is 1.72. The van der Waals surface area contributed by atoms with Crippen LogP contribution in [0.2, 0.25) is 0 Å². The Bertz CT molecular complexity index is 485. The number of aromatic nitrogens is 1. The SMILES string of the molecule is C=CCNC(=O)c1ccc(N[C@@H](CCCC)C(=O)O)nc1. The fraction of sp³-hybridized carbons (Fsp3) is 0.400.